The van der Waals surface area contributed by atoms with Crippen LogP contribution in [0.15, 0.2) is 16.8 Å². The first kappa shape index (κ1) is 12.3. The van der Waals surface area contributed by atoms with Crippen molar-refractivity contribution in [2.24, 2.45) is 0 Å². The Morgan fingerprint density at radius 2 is 2.29 bits per heavy atom. The third-order valence-corrected chi connectivity index (χ3v) is 4.54. The first-order valence-electron chi connectivity index (χ1n) is 5.28. The van der Waals surface area contributed by atoms with Crippen molar-refractivity contribution in [1.82, 2.24) is 4.98 Å². The van der Waals surface area contributed by atoms with Crippen molar-refractivity contribution >= 4 is 33.6 Å². The van der Waals surface area contributed by atoms with E-state index in [1.54, 1.807) is 18.3 Å². The van der Waals surface area contributed by atoms with Crippen LogP contribution in [0, 0.1) is 6.92 Å². The lowest BCUT2D eigenvalue weighted by molar-refractivity contribution is 0.102. The number of aryl methyl sites for hydroxylation is 1. The van der Waals surface area contributed by atoms with Gasteiger partial charge in [-0.15, -0.1) is 0 Å². The highest BCUT2D eigenvalue weighted by molar-refractivity contribution is 7.17. The van der Waals surface area contributed by atoms with Gasteiger partial charge in [-0.1, -0.05) is 11.3 Å². The van der Waals surface area contributed by atoms with Crippen molar-refractivity contribution in [3.8, 4) is 0 Å². The molecule has 0 N–H and O–H groups in total. The SMILES string of the molecule is CC(=O)c1sc(N(C)Cc2ccsc2)nc1C. The van der Waals surface area contributed by atoms with Gasteiger partial charge in [0.1, 0.15) is 0 Å². The summed E-state index contributed by atoms with van der Waals surface area (Å²) in [7, 11) is 2.00. The zero-order valence-corrected chi connectivity index (χ0v) is 11.7. The summed E-state index contributed by atoms with van der Waals surface area (Å²) in [5.74, 6) is 0.0928. The molecule has 2 aromatic rings. The van der Waals surface area contributed by atoms with Gasteiger partial charge >= 0.3 is 0 Å². The maximum Gasteiger partial charge on any atom is 0.186 e. The van der Waals surface area contributed by atoms with Gasteiger partial charge in [-0.05, 0) is 29.3 Å². The van der Waals surface area contributed by atoms with E-state index < -0.39 is 0 Å². The lowest BCUT2D eigenvalue weighted by Crippen LogP contribution is -2.15. The summed E-state index contributed by atoms with van der Waals surface area (Å²) < 4.78 is 0. The molecule has 0 saturated carbocycles. The molecule has 5 heteroatoms. The molecule has 0 saturated heterocycles. The van der Waals surface area contributed by atoms with Crippen LogP contribution in [-0.2, 0) is 6.54 Å². The molecular formula is C12H14N2OS2. The van der Waals surface area contributed by atoms with Crippen molar-refractivity contribution in [1.29, 1.82) is 0 Å². The molecule has 0 aliphatic heterocycles. The van der Waals surface area contributed by atoms with Crippen molar-refractivity contribution in [3.05, 3.63) is 33.0 Å². The third kappa shape index (κ3) is 2.73. The second-order valence-electron chi connectivity index (χ2n) is 3.95. The summed E-state index contributed by atoms with van der Waals surface area (Å²) in [4.78, 5) is 18.6. The van der Waals surface area contributed by atoms with E-state index in [-0.39, 0.29) is 5.78 Å². The van der Waals surface area contributed by atoms with Gasteiger partial charge in [0, 0.05) is 20.5 Å². The van der Waals surface area contributed by atoms with Gasteiger partial charge in [-0.25, -0.2) is 4.98 Å². The Morgan fingerprint density at radius 1 is 1.53 bits per heavy atom. The molecule has 2 aromatic heterocycles. The molecule has 2 heterocycles. The number of rotatable bonds is 4. The fraction of sp³-hybridized carbons (Fsp3) is 0.333. The van der Waals surface area contributed by atoms with Gasteiger partial charge < -0.3 is 4.90 Å². The first-order valence-corrected chi connectivity index (χ1v) is 7.04. The van der Waals surface area contributed by atoms with E-state index in [2.05, 4.69) is 26.7 Å². The van der Waals surface area contributed by atoms with E-state index in [9.17, 15) is 4.79 Å². The Labute approximate surface area is 109 Å². The number of thiophene rings is 1. The molecule has 3 nitrogen and oxygen atoms in total. The highest BCUT2D eigenvalue weighted by Gasteiger charge is 2.14. The van der Waals surface area contributed by atoms with Crippen molar-refractivity contribution in [3.63, 3.8) is 0 Å². The molecule has 0 aliphatic rings. The lowest BCUT2D eigenvalue weighted by atomic mass is 10.3. The summed E-state index contributed by atoms with van der Waals surface area (Å²) in [6, 6.07) is 2.10. The fourth-order valence-corrected chi connectivity index (χ4v) is 3.18. The zero-order chi connectivity index (χ0) is 12.4. The van der Waals surface area contributed by atoms with Gasteiger partial charge in [0.2, 0.25) is 0 Å². The van der Waals surface area contributed by atoms with Crippen LogP contribution >= 0.6 is 22.7 Å². The number of nitrogens with zero attached hydrogens (tertiary/aromatic N) is 2. The van der Waals surface area contributed by atoms with Crippen molar-refractivity contribution in [2.75, 3.05) is 11.9 Å². The summed E-state index contributed by atoms with van der Waals surface area (Å²) >= 11 is 3.16. The largest absolute Gasteiger partial charge is 0.347 e. The predicted octanol–water partition coefficient (Wildman–Crippen LogP) is 3.35. The number of hydrogen-bond acceptors (Lipinski definition) is 5. The van der Waals surface area contributed by atoms with Crippen molar-refractivity contribution < 1.29 is 4.79 Å². The Kier molecular flexibility index (Phi) is 3.59. The summed E-state index contributed by atoms with van der Waals surface area (Å²) in [5, 5.41) is 5.10. The van der Waals surface area contributed by atoms with E-state index >= 15 is 0 Å². The molecule has 2 rings (SSSR count). The maximum atomic E-state index is 11.4. The van der Waals surface area contributed by atoms with Crippen LogP contribution in [0.4, 0.5) is 5.13 Å². The monoisotopic (exact) mass is 266 g/mol. The van der Waals surface area contributed by atoms with Gasteiger partial charge in [-0.2, -0.15) is 11.3 Å². The summed E-state index contributed by atoms with van der Waals surface area (Å²) in [6.45, 7) is 4.30. The number of thiazole rings is 1. The van der Waals surface area contributed by atoms with Crippen LogP contribution in [0.25, 0.3) is 0 Å². The summed E-state index contributed by atoms with van der Waals surface area (Å²) in [6.07, 6.45) is 0. The fourth-order valence-electron chi connectivity index (χ4n) is 1.60. The average Bonchev–Trinajstić information content (AvgIpc) is 2.86. The number of anilines is 1. The standard InChI is InChI=1S/C12H14N2OS2/c1-8-11(9(2)15)17-12(13-8)14(3)6-10-4-5-16-7-10/h4-5,7H,6H2,1-3H3. The smallest absolute Gasteiger partial charge is 0.186 e. The van der Waals surface area contributed by atoms with Gasteiger partial charge in [-0.3, -0.25) is 4.79 Å². The normalized spacial score (nSPS) is 10.5. The van der Waals surface area contributed by atoms with Crippen LogP contribution in [0.5, 0.6) is 0 Å². The quantitative estimate of drug-likeness (QED) is 0.796. The molecule has 0 atom stereocenters. The van der Waals surface area contributed by atoms with Crippen molar-refractivity contribution in [2.45, 2.75) is 20.4 Å². The Hall–Kier alpha value is -1.20. The number of aromatic nitrogens is 1. The minimum atomic E-state index is 0.0928. The zero-order valence-electron chi connectivity index (χ0n) is 10.1. The molecule has 90 valence electrons. The highest BCUT2D eigenvalue weighted by Crippen LogP contribution is 2.26. The molecule has 0 fully saturated rings. The van der Waals surface area contributed by atoms with E-state index in [1.807, 2.05) is 14.0 Å². The molecule has 0 bridgehead atoms. The van der Waals surface area contributed by atoms with E-state index in [0.717, 1.165) is 22.2 Å². The number of carbonyl (C=O) groups is 1. The molecule has 0 unspecified atom stereocenters. The second-order valence-corrected chi connectivity index (χ2v) is 5.71. The Bertz CT molecular complexity index is 517. The second kappa shape index (κ2) is 4.98. The molecule has 0 spiro atoms. The van der Waals surface area contributed by atoms with Crippen LogP contribution in [0.1, 0.15) is 27.9 Å². The molecule has 0 aliphatic carbocycles. The highest BCUT2D eigenvalue weighted by atomic mass is 32.1. The molecule has 0 radical (unpaired) electrons. The van der Waals surface area contributed by atoms with Crippen LogP contribution in [0.3, 0.4) is 0 Å². The number of ketones is 1. The number of carbonyl (C=O) groups excluding carboxylic acids is 1. The molecule has 17 heavy (non-hydrogen) atoms. The van der Waals surface area contributed by atoms with Gasteiger partial charge in [0.05, 0.1) is 10.6 Å². The van der Waals surface area contributed by atoms with Crippen LogP contribution in [0.2, 0.25) is 0 Å². The molecule has 0 amide bonds. The summed E-state index contributed by atoms with van der Waals surface area (Å²) in [5.41, 5.74) is 2.10. The minimum absolute atomic E-state index is 0.0928. The molecular weight excluding hydrogens is 252 g/mol. The van der Waals surface area contributed by atoms with E-state index in [4.69, 9.17) is 0 Å². The predicted molar refractivity (Wildman–Crippen MR) is 73.3 cm³/mol. The Balaban J connectivity index is 2.17. The first-order chi connectivity index (χ1) is 8.08. The number of hydrogen-bond donors (Lipinski definition) is 0. The van der Waals surface area contributed by atoms with Crippen LogP contribution in [-0.4, -0.2) is 17.8 Å². The van der Waals surface area contributed by atoms with Gasteiger partial charge in [0.25, 0.3) is 0 Å². The van der Waals surface area contributed by atoms with E-state index in [1.165, 1.54) is 16.9 Å². The van der Waals surface area contributed by atoms with Crippen LogP contribution < -0.4 is 4.90 Å². The molecule has 0 aromatic carbocycles. The van der Waals surface area contributed by atoms with Gasteiger partial charge in [0.15, 0.2) is 10.9 Å². The third-order valence-electron chi connectivity index (χ3n) is 2.43. The maximum absolute atomic E-state index is 11.4. The topological polar surface area (TPSA) is 33.2 Å². The lowest BCUT2D eigenvalue weighted by Gasteiger charge is -2.14. The van der Waals surface area contributed by atoms with E-state index in [0.29, 0.717) is 0 Å². The minimum Gasteiger partial charge on any atom is -0.347 e. The number of Topliss-reactive ketones (excluding diaryl/α,β-unsaturated/α-hetero) is 1. The Morgan fingerprint density at radius 3 is 2.82 bits per heavy atom. The average molecular weight is 266 g/mol.